The van der Waals surface area contributed by atoms with E-state index in [-0.39, 0.29) is 30.5 Å². The minimum Gasteiger partial charge on any atom is -0.352 e. The number of benzene rings is 2. The summed E-state index contributed by atoms with van der Waals surface area (Å²) in [5.74, 6) is -1.46. The van der Waals surface area contributed by atoms with Crippen LogP contribution < -0.4 is 10.2 Å². The van der Waals surface area contributed by atoms with Gasteiger partial charge in [-0.1, -0.05) is 41.9 Å². The molecule has 0 bridgehead atoms. The van der Waals surface area contributed by atoms with E-state index >= 15 is 0 Å². The van der Waals surface area contributed by atoms with Crippen molar-refractivity contribution in [1.82, 2.24) is 5.32 Å². The maximum Gasteiger partial charge on any atom is 0.227 e. The molecule has 0 unspecified atom stereocenters. The number of para-hydroxylation sites is 1. The first-order valence-electron chi connectivity index (χ1n) is 7.62. The normalized spacial score (nSPS) is 17.2. The van der Waals surface area contributed by atoms with E-state index < -0.39 is 11.7 Å². The molecule has 0 aromatic heterocycles. The van der Waals surface area contributed by atoms with Crippen molar-refractivity contribution in [2.75, 3.05) is 11.4 Å². The number of amides is 2. The Bertz CT molecular complexity index is 781. The molecule has 2 amide bonds. The highest BCUT2D eigenvalue weighted by atomic mass is 35.5. The van der Waals surface area contributed by atoms with E-state index in [1.165, 1.54) is 17.0 Å². The van der Waals surface area contributed by atoms with Gasteiger partial charge in [-0.15, -0.1) is 0 Å². The van der Waals surface area contributed by atoms with E-state index in [1.807, 2.05) is 18.2 Å². The van der Waals surface area contributed by atoms with Gasteiger partial charge in [-0.25, -0.2) is 4.39 Å². The Morgan fingerprint density at radius 1 is 1.21 bits per heavy atom. The highest BCUT2D eigenvalue weighted by Gasteiger charge is 2.35. The lowest BCUT2D eigenvalue weighted by Crippen LogP contribution is -2.32. The van der Waals surface area contributed by atoms with Gasteiger partial charge in [0.15, 0.2) is 0 Å². The van der Waals surface area contributed by atoms with Crippen molar-refractivity contribution in [2.45, 2.75) is 13.0 Å². The van der Waals surface area contributed by atoms with Crippen LogP contribution in [0.1, 0.15) is 12.0 Å². The lowest BCUT2D eigenvalue weighted by atomic mass is 10.1. The van der Waals surface area contributed by atoms with Crippen LogP contribution in [0.5, 0.6) is 0 Å². The van der Waals surface area contributed by atoms with E-state index in [9.17, 15) is 14.0 Å². The number of nitrogens with zero attached hydrogens (tertiary/aromatic N) is 1. The summed E-state index contributed by atoms with van der Waals surface area (Å²) in [7, 11) is 0. The van der Waals surface area contributed by atoms with E-state index in [0.717, 1.165) is 5.56 Å². The van der Waals surface area contributed by atoms with Crippen LogP contribution in [0.3, 0.4) is 0 Å². The van der Waals surface area contributed by atoms with Crippen LogP contribution in [-0.2, 0) is 16.1 Å². The fourth-order valence-electron chi connectivity index (χ4n) is 2.76. The Morgan fingerprint density at radius 2 is 1.92 bits per heavy atom. The third kappa shape index (κ3) is 3.41. The Kier molecular flexibility index (Phi) is 4.81. The predicted molar refractivity (Wildman–Crippen MR) is 90.2 cm³/mol. The van der Waals surface area contributed by atoms with Crippen molar-refractivity contribution < 1.29 is 14.0 Å². The second-order valence-electron chi connectivity index (χ2n) is 5.67. The minimum atomic E-state index is -0.500. The van der Waals surface area contributed by atoms with E-state index in [1.54, 1.807) is 18.2 Å². The lowest BCUT2D eigenvalue weighted by Gasteiger charge is -2.17. The molecule has 6 heteroatoms. The number of nitrogens with one attached hydrogen (secondary N) is 1. The van der Waals surface area contributed by atoms with Crippen LogP contribution in [0.4, 0.5) is 10.1 Å². The van der Waals surface area contributed by atoms with Crippen molar-refractivity contribution >= 4 is 29.1 Å². The Morgan fingerprint density at radius 3 is 2.67 bits per heavy atom. The standard InChI is InChI=1S/C18H16ClFN2O2/c19-14-6-2-1-5-12(14)10-21-18(24)13-9-17(23)22(11-13)16-8-4-3-7-15(16)20/h1-8,13H,9-11H2,(H,21,24)/t13-/m1/s1. The molecule has 0 spiro atoms. The molecule has 1 heterocycles. The first kappa shape index (κ1) is 16.5. The van der Waals surface area contributed by atoms with Crippen molar-refractivity contribution in [3.05, 3.63) is 64.9 Å². The first-order valence-corrected chi connectivity index (χ1v) is 8.00. The molecule has 1 atom stereocenters. The van der Waals surface area contributed by atoms with Crippen molar-refractivity contribution in [2.24, 2.45) is 5.92 Å². The summed E-state index contributed by atoms with van der Waals surface area (Å²) in [5.41, 5.74) is 1.02. The van der Waals surface area contributed by atoms with Gasteiger partial charge < -0.3 is 10.2 Å². The van der Waals surface area contributed by atoms with Gasteiger partial charge in [0.25, 0.3) is 0 Å². The third-order valence-corrected chi connectivity index (χ3v) is 4.42. The van der Waals surface area contributed by atoms with Gasteiger partial charge in [0.05, 0.1) is 11.6 Å². The smallest absolute Gasteiger partial charge is 0.227 e. The van der Waals surface area contributed by atoms with Gasteiger partial charge >= 0.3 is 0 Å². The molecule has 0 saturated carbocycles. The highest BCUT2D eigenvalue weighted by Crippen LogP contribution is 2.27. The molecule has 4 nitrogen and oxygen atoms in total. The molecule has 3 rings (SSSR count). The van der Waals surface area contributed by atoms with Crippen LogP contribution in [-0.4, -0.2) is 18.4 Å². The van der Waals surface area contributed by atoms with Crippen molar-refractivity contribution in [3.63, 3.8) is 0 Å². The summed E-state index contributed by atoms with van der Waals surface area (Å²) in [5, 5.41) is 3.37. The fraction of sp³-hybridized carbons (Fsp3) is 0.222. The van der Waals surface area contributed by atoms with Crippen LogP contribution in [0.25, 0.3) is 0 Å². The molecule has 1 aliphatic rings. The molecule has 24 heavy (non-hydrogen) atoms. The third-order valence-electron chi connectivity index (χ3n) is 4.05. The number of hydrogen-bond donors (Lipinski definition) is 1. The molecular formula is C18H16ClFN2O2. The van der Waals surface area contributed by atoms with Crippen LogP contribution in [0.2, 0.25) is 5.02 Å². The average molecular weight is 347 g/mol. The summed E-state index contributed by atoms with van der Waals surface area (Å²) in [6.07, 6.45) is 0.0721. The lowest BCUT2D eigenvalue weighted by molar-refractivity contribution is -0.126. The van der Waals surface area contributed by atoms with Crippen molar-refractivity contribution in [3.8, 4) is 0 Å². The molecule has 0 aliphatic carbocycles. The summed E-state index contributed by atoms with van der Waals surface area (Å²) in [6, 6.07) is 13.3. The van der Waals surface area contributed by atoms with Crippen molar-refractivity contribution in [1.29, 1.82) is 0 Å². The summed E-state index contributed by atoms with van der Waals surface area (Å²) in [4.78, 5) is 25.8. The molecular weight excluding hydrogens is 331 g/mol. The van der Waals surface area contributed by atoms with Gasteiger partial charge in [0.2, 0.25) is 11.8 Å². The predicted octanol–water partition coefficient (Wildman–Crippen LogP) is 3.15. The molecule has 1 fully saturated rings. The molecule has 124 valence electrons. The highest BCUT2D eigenvalue weighted by molar-refractivity contribution is 6.31. The van der Waals surface area contributed by atoms with Crippen LogP contribution >= 0.6 is 11.6 Å². The number of carbonyl (C=O) groups is 2. The van der Waals surface area contributed by atoms with Gasteiger partial charge in [0.1, 0.15) is 5.82 Å². The number of anilines is 1. The number of hydrogen-bond acceptors (Lipinski definition) is 2. The molecule has 2 aromatic rings. The summed E-state index contributed by atoms with van der Waals surface area (Å²) in [6.45, 7) is 0.469. The second-order valence-corrected chi connectivity index (χ2v) is 6.07. The maximum atomic E-state index is 13.8. The molecule has 1 saturated heterocycles. The van der Waals surface area contributed by atoms with Gasteiger partial charge in [-0.2, -0.15) is 0 Å². The van der Waals surface area contributed by atoms with Gasteiger partial charge in [-0.3, -0.25) is 9.59 Å². The zero-order valence-electron chi connectivity index (χ0n) is 12.8. The molecule has 2 aromatic carbocycles. The van der Waals surface area contributed by atoms with Crippen LogP contribution in [0, 0.1) is 11.7 Å². The molecule has 0 radical (unpaired) electrons. The fourth-order valence-corrected chi connectivity index (χ4v) is 2.96. The monoisotopic (exact) mass is 346 g/mol. The van der Waals surface area contributed by atoms with Crippen LogP contribution in [0.15, 0.2) is 48.5 Å². The minimum absolute atomic E-state index is 0.0721. The van der Waals surface area contributed by atoms with E-state index in [0.29, 0.717) is 11.6 Å². The zero-order chi connectivity index (χ0) is 17.1. The first-order chi connectivity index (χ1) is 11.6. The topological polar surface area (TPSA) is 49.4 Å². The van der Waals surface area contributed by atoms with Gasteiger partial charge in [0, 0.05) is 24.5 Å². The number of rotatable bonds is 4. The number of halogens is 2. The second kappa shape index (κ2) is 7.01. The SMILES string of the molecule is O=C(NCc1ccccc1Cl)[C@@H]1CC(=O)N(c2ccccc2F)C1. The summed E-state index contributed by atoms with van der Waals surface area (Å²) < 4.78 is 13.8. The van der Waals surface area contributed by atoms with E-state index in [4.69, 9.17) is 11.6 Å². The zero-order valence-corrected chi connectivity index (χ0v) is 13.6. The summed E-state index contributed by atoms with van der Waals surface area (Å²) >= 11 is 6.06. The quantitative estimate of drug-likeness (QED) is 0.924. The number of carbonyl (C=O) groups excluding carboxylic acids is 2. The molecule has 1 N–H and O–H groups in total. The maximum absolute atomic E-state index is 13.8. The van der Waals surface area contributed by atoms with E-state index in [2.05, 4.69) is 5.32 Å². The largest absolute Gasteiger partial charge is 0.352 e. The molecule has 1 aliphatic heterocycles. The van der Waals surface area contributed by atoms with Gasteiger partial charge in [-0.05, 0) is 23.8 Å². The Balaban J connectivity index is 1.64. The Labute approximate surface area is 144 Å². The average Bonchev–Trinajstić information content (AvgIpc) is 2.96. The Hall–Kier alpha value is -2.40.